The van der Waals surface area contributed by atoms with Crippen LogP contribution < -0.4 is 0 Å². The van der Waals surface area contributed by atoms with Crippen LogP contribution in [0.25, 0.3) is 0 Å². The molecule has 0 atom stereocenters. The van der Waals surface area contributed by atoms with E-state index in [2.05, 4.69) is 0 Å². The molecule has 0 aliphatic rings. The van der Waals surface area contributed by atoms with Gasteiger partial charge in [-0.1, -0.05) is 0 Å². The van der Waals surface area contributed by atoms with Crippen LogP contribution in [-0.2, 0) is 17.8 Å². The average molecular weight is 353 g/mol. The van der Waals surface area contributed by atoms with Gasteiger partial charge in [0, 0.05) is 12.8 Å². The van der Waals surface area contributed by atoms with Gasteiger partial charge >= 0.3 is 20.5 Å². The first-order chi connectivity index (χ1) is 9.25. The van der Waals surface area contributed by atoms with Gasteiger partial charge in [0.05, 0.1) is 0 Å². The van der Waals surface area contributed by atoms with E-state index in [9.17, 15) is 9.59 Å². The number of hydrogen-bond donors (Lipinski definition) is 2. The molecule has 0 amide bonds. The molecule has 0 radical (unpaired) electrons. The first-order valence-electron chi connectivity index (χ1n) is 7.09. The highest BCUT2D eigenvalue weighted by atomic mass is 28.5. The van der Waals surface area contributed by atoms with Crippen LogP contribution in [0.4, 0.5) is 0 Å². The zero-order valence-electron chi connectivity index (χ0n) is 13.9. The molecule has 0 rings (SSSR count). The van der Waals surface area contributed by atoms with Gasteiger partial charge in [0.2, 0.25) is 0 Å². The minimum Gasteiger partial charge on any atom is -0.481 e. The molecule has 124 valence electrons. The van der Waals surface area contributed by atoms with Gasteiger partial charge in [-0.3, -0.25) is 9.59 Å². The van der Waals surface area contributed by atoms with Gasteiger partial charge in [-0.15, -0.1) is 0 Å². The molecule has 0 heterocycles. The fraction of sp³-hybridized carbons (Fsp3) is 0.833. The van der Waals surface area contributed by atoms with Crippen LogP contribution in [0.15, 0.2) is 0 Å². The van der Waals surface area contributed by atoms with Crippen molar-refractivity contribution in [1.29, 1.82) is 0 Å². The van der Waals surface area contributed by atoms with Crippen molar-refractivity contribution in [3.05, 3.63) is 0 Å². The Morgan fingerprint density at radius 1 is 0.762 bits per heavy atom. The zero-order valence-corrected chi connectivity index (χ0v) is 16.9. The Kier molecular flexibility index (Phi) is 7.50. The number of carboxylic acids is 2. The summed E-state index contributed by atoms with van der Waals surface area (Å²) in [5.74, 6) is -1.62. The lowest BCUT2D eigenvalue weighted by molar-refractivity contribution is -0.137. The molecule has 6 nitrogen and oxygen atoms in total. The van der Waals surface area contributed by atoms with Crippen LogP contribution in [0.2, 0.25) is 51.4 Å². The van der Waals surface area contributed by atoms with Crippen molar-refractivity contribution in [2.45, 2.75) is 64.2 Å². The van der Waals surface area contributed by atoms with E-state index < -0.39 is 37.1 Å². The van der Waals surface area contributed by atoms with Crippen molar-refractivity contribution in [3.8, 4) is 0 Å². The Morgan fingerprint density at radius 3 is 1.29 bits per heavy atom. The van der Waals surface area contributed by atoms with Gasteiger partial charge in [0.15, 0.2) is 16.6 Å². The highest BCUT2D eigenvalue weighted by Gasteiger charge is 2.39. The number of carbonyl (C=O) groups is 2. The molecule has 0 aliphatic heterocycles. The van der Waals surface area contributed by atoms with E-state index in [0.29, 0.717) is 12.1 Å². The summed E-state index contributed by atoms with van der Waals surface area (Å²) in [4.78, 5) is 21.4. The second-order valence-electron chi connectivity index (χ2n) is 6.91. The normalized spacial score (nSPS) is 13.2. The molecule has 0 saturated carbocycles. The SMILES string of the molecule is C[Si](C)(CCC(=O)O)O[Si](C)(C)O[Si](C)(C)CCC(=O)O. The van der Waals surface area contributed by atoms with Gasteiger partial charge in [-0.2, -0.15) is 0 Å². The minimum absolute atomic E-state index is 0.115. The van der Waals surface area contributed by atoms with Gasteiger partial charge in [0.1, 0.15) is 0 Å². The van der Waals surface area contributed by atoms with Crippen molar-refractivity contribution >= 4 is 37.1 Å². The van der Waals surface area contributed by atoms with E-state index in [-0.39, 0.29) is 12.8 Å². The summed E-state index contributed by atoms with van der Waals surface area (Å²) < 4.78 is 12.4. The molecule has 21 heavy (non-hydrogen) atoms. The van der Waals surface area contributed by atoms with E-state index in [1.54, 1.807) is 0 Å². The van der Waals surface area contributed by atoms with E-state index in [4.69, 9.17) is 18.4 Å². The lowest BCUT2D eigenvalue weighted by Crippen LogP contribution is -2.52. The third-order valence-electron chi connectivity index (χ3n) is 2.93. The Bertz CT molecular complexity index is 347. The van der Waals surface area contributed by atoms with Crippen LogP contribution in [0.5, 0.6) is 0 Å². The number of rotatable bonds is 10. The summed E-state index contributed by atoms with van der Waals surface area (Å²) in [5.41, 5.74) is 0. The lowest BCUT2D eigenvalue weighted by Gasteiger charge is -2.38. The highest BCUT2D eigenvalue weighted by Crippen LogP contribution is 2.25. The lowest BCUT2D eigenvalue weighted by atomic mass is 10.5. The zero-order chi connectivity index (χ0) is 16.9. The minimum atomic E-state index is -2.38. The monoisotopic (exact) mass is 352 g/mol. The van der Waals surface area contributed by atoms with Gasteiger partial charge < -0.3 is 18.4 Å². The summed E-state index contributed by atoms with van der Waals surface area (Å²) in [6, 6.07) is 1.11. The van der Waals surface area contributed by atoms with E-state index in [1.807, 2.05) is 39.3 Å². The first-order valence-corrected chi connectivity index (χ1v) is 16.1. The predicted molar refractivity (Wildman–Crippen MR) is 88.7 cm³/mol. The molecular formula is C12H28O6Si3. The smallest absolute Gasteiger partial charge is 0.311 e. The van der Waals surface area contributed by atoms with Crippen LogP contribution in [-0.4, -0.2) is 47.3 Å². The van der Waals surface area contributed by atoms with Crippen LogP contribution in [0.3, 0.4) is 0 Å². The fourth-order valence-corrected chi connectivity index (χ4v) is 15.9. The van der Waals surface area contributed by atoms with Gasteiger partial charge in [-0.25, -0.2) is 0 Å². The van der Waals surface area contributed by atoms with Crippen LogP contribution >= 0.6 is 0 Å². The molecule has 0 fully saturated rings. The Balaban J connectivity index is 4.59. The third kappa shape index (κ3) is 10.8. The Labute approximate surface area is 130 Å². The van der Waals surface area contributed by atoms with Crippen molar-refractivity contribution in [3.63, 3.8) is 0 Å². The second-order valence-corrected chi connectivity index (χ2v) is 19.4. The third-order valence-corrected chi connectivity index (χ3v) is 14.2. The van der Waals surface area contributed by atoms with Crippen molar-refractivity contribution in [2.24, 2.45) is 0 Å². The molecule has 0 aromatic carbocycles. The molecule has 0 unspecified atom stereocenters. The predicted octanol–water partition coefficient (Wildman–Crippen LogP) is 3.08. The maximum absolute atomic E-state index is 10.7. The Hall–Kier alpha value is -0.489. The van der Waals surface area contributed by atoms with E-state index in [1.165, 1.54) is 0 Å². The molecular weight excluding hydrogens is 324 g/mol. The molecule has 0 spiro atoms. The van der Waals surface area contributed by atoms with Gasteiger partial charge in [-0.05, 0) is 51.4 Å². The van der Waals surface area contributed by atoms with Crippen LogP contribution in [0.1, 0.15) is 12.8 Å². The molecule has 9 heteroatoms. The van der Waals surface area contributed by atoms with Gasteiger partial charge in [0.25, 0.3) is 0 Å². The Morgan fingerprint density at radius 2 is 1.05 bits per heavy atom. The van der Waals surface area contributed by atoms with E-state index in [0.717, 1.165) is 0 Å². The molecule has 0 aromatic heterocycles. The summed E-state index contributed by atoms with van der Waals surface area (Å²) >= 11 is 0. The maximum atomic E-state index is 10.7. The summed E-state index contributed by atoms with van der Waals surface area (Å²) in [7, 11) is -6.55. The van der Waals surface area contributed by atoms with Crippen molar-refractivity contribution < 1.29 is 28.0 Å². The topological polar surface area (TPSA) is 93.1 Å². The number of carboxylic acid groups (broad SMARTS) is 2. The van der Waals surface area contributed by atoms with Crippen molar-refractivity contribution in [1.82, 2.24) is 0 Å². The van der Waals surface area contributed by atoms with E-state index >= 15 is 0 Å². The number of hydrogen-bond acceptors (Lipinski definition) is 4. The quantitative estimate of drug-likeness (QED) is 0.587. The molecule has 0 bridgehead atoms. The highest BCUT2D eigenvalue weighted by molar-refractivity contribution is 6.87. The second kappa shape index (κ2) is 7.68. The maximum Gasteiger partial charge on any atom is 0.311 e. The molecule has 0 aromatic rings. The molecule has 2 N–H and O–H groups in total. The standard InChI is InChI=1S/C12H28O6Si3/c1-19(2,9-7-11(13)14)17-21(5,6)18-20(3,4)10-8-12(15)16/h7-10H2,1-6H3,(H,13,14)(H,15,16). The number of aliphatic carboxylic acids is 2. The molecule has 0 aliphatic carbocycles. The average Bonchev–Trinajstić information content (AvgIpc) is 2.21. The summed E-state index contributed by atoms with van der Waals surface area (Å²) in [5, 5.41) is 17.6. The molecule has 0 saturated heterocycles. The first kappa shape index (κ1) is 20.5. The largest absolute Gasteiger partial charge is 0.481 e. The summed E-state index contributed by atoms with van der Waals surface area (Å²) in [6.45, 7) is 11.9. The van der Waals surface area contributed by atoms with Crippen LogP contribution in [0, 0.1) is 0 Å². The fourth-order valence-electron chi connectivity index (χ4n) is 2.27. The summed E-state index contributed by atoms with van der Waals surface area (Å²) in [6.07, 6.45) is 0.229. The van der Waals surface area contributed by atoms with Crippen molar-refractivity contribution in [2.75, 3.05) is 0 Å².